The molecular formula is C29H28N4O4S. The van der Waals surface area contributed by atoms with Gasteiger partial charge >= 0.3 is 0 Å². The summed E-state index contributed by atoms with van der Waals surface area (Å²) in [5.74, 6) is -0.802. The number of ether oxygens (including phenoxy) is 1. The SMILES string of the molecule is CCOc1ccc(NC(=O)CSC2=NC(C)=C(C(=O)Nc3ccccc3C)C(c3ccco3)C2C#N)cc1. The van der Waals surface area contributed by atoms with Gasteiger partial charge in [-0.2, -0.15) is 5.26 Å². The Morgan fingerprint density at radius 1 is 1.08 bits per heavy atom. The third-order valence-electron chi connectivity index (χ3n) is 6.00. The van der Waals surface area contributed by atoms with Crippen LogP contribution in [0.3, 0.4) is 0 Å². The number of hydrogen-bond donors (Lipinski definition) is 2. The van der Waals surface area contributed by atoms with Crippen LogP contribution in [0.2, 0.25) is 0 Å². The Kier molecular flexibility index (Phi) is 8.66. The number of anilines is 2. The zero-order valence-corrected chi connectivity index (χ0v) is 22.2. The van der Waals surface area contributed by atoms with E-state index in [1.54, 1.807) is 43.3 Å². The smallest absolute Gasteiger partial charge is 0.254 e. The quantitative estimate of drug-likeness (QED) is 0.376. The van der Waals surface area contributed by atoms with Crippen LogP contribution in [0.4, 0.5) is 11.4 Å². The number of aryl methyl sites for hydroxylation is 1. The van der Waals surface area contributed by atoms with Gasteiger partial charge in [-0.1, -0.05) is 30.0 Å². The first-order valence-electron chi connectivity index (χ1n) is 12.2. The van der Waals surface area contributed by atoms with Gasteiger partial charge in [0.05, 0.1) is 41.2 Å². The molecule has 0 saturated carbocycles. The van der Waals surface area contributed by atoms with Crippen molar-refractivity contribution in [1.29, 1.82) is 5.26 Å². The molecule has 0 fully saturated rings. The van der Waals surface area contributed by atoms with E-state index in [4.69, 9.17) is 9.15 Å². The molecule has 8 nitrogen and oxygen atoms in total. The molecule has 0 aliphatic carbocycles. The van der Waals surface area contributed by atoms with Crippen molar-refractivity contribution >= 4 is 40.0 Å². The first kappa shape index (κ1) is 26.8. The summed E-state index contributed by atoms with van der Waals surface area (Å²) in [4.78, 5) is 30.7. The molecule has 0 radical (unpaired) electrons. The molecule has 2 atom stereocenters. The van der Waals surface area contributed by atoms with Crippen LogP contribution in [0.5, 0.6) is 5.75 Å². The third-order valence-corrected chi connectivity index (χ3v) is 7.05. The maximum atomic E-state index is 13.5. The molecule has 1 aliphatic rings. The average Bonchev–Trinajstić information content (AvgIpc) is 3.44. The maximum Gasteiger partial charge on any atom is 0.254 e. The molecule has 2 N–H and O–H groups in total. The van der Waals surface area contributed by atoms with Gasteiger partial charge in [0, 0.05) is 17.1 Å². The lowest BCUT2D eigenvalue weighted by Gasteiger charge is -2.28. The van der Waals surface area contributed by atoms with E-state index in [1.807, 2.05) is 38.1 Å². The van der Waals surface area contributed by atoms with Crippen molar-refractivity contribution in [1.82, 2.24) is 0 Å². The van der Waals surface area contributed by atoms with Gasteiger partial charge in [0.1, 0.15) is 17.4 Å². The maximum absolute atomic E-state index is 13.5. The van der Waals surface area contributed by atoms with Crippen molar-refractivity contribution in [2.24, 2.45) is 10.9 Å². The number of amides is 2. The lowest BCUT2D eigenvalue weighted by molar-refractivity contribution is -0.114. The van der Waals surface area contributed by atoms with E-state index < -0.39 is 11.8 Å². The van der Waals surface area contributed by atoms with Crippen LogP contribution in [0.1, 0.15) is 31.1 Å². The van der Waals surface area contributed by atoms with Crippen LogP contribution >= 0.6 is 11.8 Å². The number of nitrogens with zero attached hydrogens (tertiary/aromatic N) is 2. The zero-order chi connectivity index (χ0) is 27.1. The fraction of sp³-hybridized carbons (Fsp3) is 0.241. The molecular weight excluding hydrogens is 500 g/mol. The number of benzene rings is 2. The van der Waals surface area contributed by atoms with Crippen molar-refractivity contribution < 1.29 is 18.7 Å². The Morgan fingerprint density at radius 3 is 2.50 bits per heavy atom. The number of furan rings is 1. The lowest BCUT2D eigenvalue weighted by atomic mass is 9.81. The van der Waals surface area contributed by atoms with Crippen LogP contribution < -0.4 is 15.4 Å². The van der Waals surface area contributed by atoms with Gasteiger partial charge in [-0.15, -0.1) is 0 Å². The summed E-state index contributed by atoms with van der Waals surface area (Å²) < 4.78 is 11.1. The summed E-state index contributed by atoms with van der Waals surface area (Å²) in [7, 11) is 0. The number of nitriles is 1. The predicted octanol–water partition coefficient (Wildman–Crippen LogP) is 5.91. The van der Waals surface area contributed by atoms with Crippen molar-refractivity contribution in [3.05, 3.63) is 89.5 Å². The Bertz CT molecular complexity index is 1410. The van der Waals surface area contributed by atoms with Crippen molar-refractivity contribution in [2.45, 2.75) is 26.7 Å². The number of para-hydroxylation sites is 1. The van der Waals surface area contributed by atoms with Crippen LogP contribution in [-0.4, -0.2) is 29.2 Å². The number of aliphatic imine (C=N–C) groups is 1. The van der Waals surface area contributed by atoms with E-state index in [2.05, 4.69) is 21.7 Å². The average molecular weight is 529 g/mol. The number of allylic oxidation sites excluding steroid dienone is 1. The topological polar surface area (TPSA) is 117 Å². The summed E-state index contributed by atoms with van der Waals surface area (Å²) in [5.41, 5.74) is 3.07. The van der Waals surface area contributed by atoms with Gasteiger partial charge in [-0.25, -0.2) is 4.99 Å². The van der Waals surface area contributed by atoms with Crippen molar-refractivity contribution in [2.75, 3.05) is 23.0 Å². The summed E-state index contributed by atoms with van der Waals surface area (Å²) in [6, 6.07) is 20.3. The first-order chi connectivity index (χ1) is 18.4. The van der Waals surface area contributed by atoms with E-state index in [9.17, 15) is 14.9 Å². The molecule has 0 saturated heterocycles. The molecule has 0 bridgehead atoms. The second kappa shape index (κ2) is 12.3. The second-order valence-corrected chi connectivity index (χ2v) is 9.61. The van der Waals surface area contributed by atoms with Gasteiger partial charge in [0.15, 0.2) is 0 Å². The van der Waals surface area contributed by atoms with Crippen LogP contribution in [-0.2, 0) is 9.59 Å². The number of carbonyl (C=O) groups excluding carboxylic acids is 2. The first-order valence-corrected chi connectivity index (χ1v) is 13.1. The number of hydrogen-bond acceptors (Lipinski definition) is 7. The van der Waals surface area contributed by atoms with E-state index in [1.165, 1.54) is 18.0 Å². The molecule has 4 rings (SSSR count). The number of thioether (sulfide) groups is 1. The zero-order valence-electron chi connectivity index (χ0n) is 21.4. The Labute approximate surface area is 225 Å². The minimum absolute atomic E-state index is 0.0487. The number of carbonyl (C=O) groups is 2. The van der Waals surface area contributed by atoms with Gasteiger partial charge < -0.3 is 19.8 Å². The molecule has 194 valence electrons. The fourth-order valence-corrected chi connectivity index (χ4v) is 5.12. The van der Waals surface area contributed by atoms with Crippen LogP contribution in [0.15, 0.2) is 87.6 Å². The van der Waals surface area contributed by atoms with Crippen molar-refractivity contribution in [3.8, 4) is 11.8 Å². The minimum Gasteiger partial charge on any atom is -0.494 e. The molecule has 3 aromatic rings. The van der Waals surface area contributed by atoms with E-state index in [-0.39, 0.29) is 17.6 Å². The molecule has 9 heteroatoms. The number of rotatable bonds is 8. The molecule has 2 amide bonds. The third kappa shape index (κ3) is 6.15. The second-order valence-electron chi connectivity index (χ2n) is 8.61. The van der Waals surface area contributed by atoms with Gasteiger partial charge in [-0.05, 0) is 68.8 Å². The normalized spacial score (nSPS) is 16.8. The molecule has 38 heavy (non-hydrogen) atoms. The highest BCUT2D eigenvalue weighted by molar-refractivity contribution is 8.14. The highest BCUT2D eigenvalue weighted by Gasteiger charge is 2.40. The fourth-order valence-electron chi connectivity index (χ4n) is 4.20. The molecule has 2 heterocycles. The van der Waals surface area contributed by atoms with Gasteiger partial charge in [0.2, 0.25) is 5.91 Å². The van der Waals surface area contributed by atoms with Gasteiger partial charge in [0.25, 0.3) is 5.91 Å². The molecule has 2 unspecified atom stereocenters. The highest BCUT2D eigenvalue weighted by Crippen LogP contribution is 2.41. The standard InChI is InChI=1S/C29H28N4O4S/c1-4-36-21-13-11-20(12-14-21)32-25(34)17-38-29-22(16-30)27(24-10-7-15-37-24)26(19(3)31-29)28(35)33-23-9-6-5-8-18(23)2/h5-15,22,27H,4,17H2,1-3H3,(H,32,34)(H,33,35). The van der Waals surface area contributed by atoms with Crippen molar-refractivity contribution in [3.63, 3.8) is 0 Å². The number of nitrogens with one attached hydrogen (secondary N) is 2. The van der Waals surface area contributed by atoms with Gasteiger partial charge in [-0.3, -0.25) is 9.59 Å². The van der Waals surface area contributed by atoms with E-state index >= 15 is 0 Å². The summed E-state index contributed by atoms with van der Waals surface area (Å²) in [6.07, 6.45) is 1.51. The summed E-state index contributed by atoms with van der Waals surface area (Å²) in [5, 5.41) is 16.4. The highest BCUT2D eigenvalue weighted by atomic mass is 32.2. The molecule has 1 aromatic heterocycles. The molecule has 0 spiro atoms. The minimum atomic E-state index is -0.800. The van der Waals surface area contributed by atoms with E-state index in [0.29, 0.717) is 40.1 Å². The summed E-state index contributed by atoms with van der Waals surface area (Å²) in [6.45, 7) is 6.11. The van der Waals surface area contributed by atoms with E-state index in [0.717, 1.165) is 11.3 Å². The van der Waals surface area contributed by atoms with Crippen LogP contribution in [0.25, 0.3) is 0 Å². The molecule has 1 aliphatic heterocycles. The Hall–Kier alpha value is -4.29. The molecule has 2 aromatic carbocycles. The summed E-state index contributed by atoms with van der Waals surface area (Å²) >= 11 is 1.18. The Morgan fingerprint density at radius 2 is 1.84 bits per heavy atom. The lowest BCUT2D eigenvalue weighted by Crippen LogP contribution is -2.31. The monoisotopic (exact) mass is 528 g/mol. The predicted molar refractivity (Wildman–Crippen MR) is 149 cm³/mol. The largest absolute Gasteiger partial charge is 0.494 e. The van der Waals surface area contributed by atoms with Crippen LogP contribution in [0, 0.1) is 24.2 Å². The Balaban J connectivity index is 1.55.